The SMILES string of the molecule is CCCC1CCC(N2CCC(N3C=CNS3(=O)=O)CC2)CC1. The van der Waals surface area contributed by atoms with Crippen molar-refractivity contribution in [3.8, 4) is 0 Å². The first kappa shape index (κ1) is 16.1. The summed E-state index contributed by atoms with van der Waals surface area (Å²) in [4.78, 5) is 2.61. The molecule has 0 spiro atoms. The first-order valence-electron chi connectivity index (χ1n) is 8.81. The molecule has 0 aromatic heterocycles. The van der Waals surface area contributed by atoms with Crippen LogP contribution in [-0.4, -0.2) is 42.8 Å². The maximum atomic E-state index is 11.9. The third-order valence-corrected chi connectivity index (χ3v) is 7.01. The fourth-order valence-electron chi connectivity index (χ4n) is 4.36. The van der Waals surface area contributed by atoms with E-state index in [4.69, 9.17) is 0 Å². The van der Waals surface area contributed by atoms with Gasteiger partial charge in [-0.25, -0.2) is 0 Å². The van der Waals surface area contributed by atoms with E-state index in [-0.39, 0.29) is 6.04 Å². The standard InChI is InChI=1S/C16H29N3O2S/c1-2-3-14-4-6-15(7-5-14)18-11-8-16(9-12-18)19-13-10-17-22(19,20)21/h10,13-17H,2-9,11-12H2,1H3. The third kappa shape index (κ3) is 3.43. The molecule has 1 aliphatic carbocycles. The van der Waals surface area contributed by atoms with Crippen molar-refractivity contribution in [2.45, 2.75) is 70.4 Å². The molecular formula is C16H29N3O2S. The molecule has 0 radical (unpaired) electrons. The highest BCUT2D eigenvalue weighted by atomic mass is 32.2. The normalized spacial score (nSPS) is 33.0. The van der Waals surface area contributed by atoms with Gasteiger partial charge in [0.25, 0.3) is 0 Å². The second kappa shape index (κ2) is 6.79. The van der Waals surface area contributed by atoms with Gasteiger partial charge in [0.1, 0.15) is 0 Å². The Balaban J connectivity index is 1.47. The number of nitrogens with zero attached hydrogens (tertiary/aromatic N) is 2. The second-order valence-corrected chi connectivity index (χ2v) is 8.61. The van der Waals surface area contributed by atoms with E-state index in [2.05, 4.69) is 16.5 Å². The molecule has 2 fully saturated rings. The largest absolute Gasteiger partial charge is 0.323 e. The van der Waals surface area contributed by atoms with Crippen molar-refractivity contribution in [1.29, 1.82) is 0 Å². The molecule has 2 aliphatic heterocycles. The molecular weight excluding hydrogens is 298 g/mol. The van der Waals surface area contributed by atoms with Crippen LogP contribution in [0.5, 0.6) is 0 Å². The summed E-state index contributed by atoms with van der Waals surface area (Å²) in [7, 11) is -3.29. The molecule has 1 N–H and O–H groups in total. The van der Waals surface area contributed by atoms with Crippen molar-refractivity contribution in [3.05, 3.63) is 12.4 Å². The summed E-state index contributed by atoms with van der Waals surface area (Å²) in [6, 6.07) is 0.863. The molecule has 3 rings (SSSR count). The van der Waals surface area contributed by atoms with Gasteiger partial charge in [-0.05, 0) is 44.4 Å². The Bertz CT molecular complexity index is 490. The van der Waals surface area contributed by atoms with E-state index < -0.39 is 10.2 Å². The Hall–Kier alpha value is -0.750. The van der Waals surface area contributed by atoms with Gasteiger partial charge in [0.05, 0.1) is 0 Å². The Labute approximate surface area is 134 Å². The predicted octanol–water partition coefficient (Wildman–Crippen LogP) is 2.43. The number of hydrogen-bond donors (Lipinski definition) is 1. The Morgan fingerprint density at radius 2 is 1.73 bits per heavy atom. The van der Waals surface area contributed by atoms with Crippen LogP contribution < -0.4 is 4.72 Å². The van der Waals surface area contributed by atoms with Crippen molar-refractivity contribution < 1.29 is 8.42 Å². The molecule has 0 atom stereocenters. The van der Waals surface area contributed by atoms with Gasteiger partial charge in [-0.15, -0.1) is 0 Å². The molecule has 5 nitrogen and oxygen atoms in total. The van der Waals surface area contributed by atoms with Crippen LogP contribution in [0, 0.1) is 5.92 Å². The highest BCUT2D eigenvalue weighted by Crippen LogP contribution is 2.32. The zero-order valence-corrected chi connectivity index (χ0v) is 14.4. The monoisotopic (exact) mass is 327 g/mol. The van der Waals surface area contributed by atoms with E-state index in [1.807, 2.05) is 0 Å². The Morgan fingerprint density at radius 3 is 2.27 bits per heavy atom. The predicted molar refractivity (Wildman–Crippen MR) is 88.3 cm³/mol. The van der Waals surface area contributed by atoms with Crippen molar-refractivity contribution in [1.82, 2.24) is 13.9 Å². The lowest BCUT2D eigenvalue weighted by Gasteiger charge is -2.42. The Morgan fingerprint density at radius 1 is 1.05 bits per heavy atom. The fraction of sp³-hybridized carbons (Fsp3) is 0.875. The van der Waals surface area contributed by atoms with Crippen molar-refractivity contribution in [2.24, 2.45) is 5.92 Å². The van der Waals surface area contributed by atoms with Crippen LogP contribution in [0.3, 0.4) is 0 Å². The van der Waals surface area contributed by atoms with Gasteiger partial charge >= 0.3 is 10.2 Å². The lowest BCUT2D eigenvalue weighted by molar-refractivity contribution is 0.0925. The average molecular weight is 327 g/mol. The smallest absolute Gasteiger partial charge is 0.300 e. The molecule has 126 valence electrons. The molecule has 0 amide bonds. The minimum Gasteiger partial charge on any atom is -0.300 e. The molecule has 0 aromatic carbocycles. The van der Waals surface area contributed by atoms with Crippen LogP contribution in [0.2, 0.25) is 0 Å². The van der Waals surface area contributed by atoms with Crippen LogP contribution in [0.4, 0.5) is 0 Å². The van der Waals surface area contributed by atoms with Gasteiger partial charge in [-0.2, -0.15) is 8.42 Å². The van der Waals surface area contributed by atoms with Crippen LogP contribution in [0.25, 0.3) is 0 Å². The molecule has 0 aromatic rings. The van der Waals surface area contributed by atoms with Crippen molar-refractivity contribution in [2.75, 3.05) is 13.1 Å². The quantitative estimate of drug-likeness (QED) is 0.863. The van der Waals surface area contributed by atoms with E-state index in [1.54, 1.807) is 6.20 Å². The molecule has 0 bridgehead atoms. The molecule has 1 saturated carbocycles. The molecule has 3 aliphatic rings. The number of nitrogens with one attached hydrogen (secondary N) is 1. The first-order valence-corrected chi connectivity index (χ1v) is 10.3. The summed E-state index contributed by atoms with van der Waals surface area (Å²) in [5, 5.41) is 0. The van der Waals surface area contributed by atoms with E-state index >= 15 is 0 Å². The molecule has 6 heteroatoms. The van der Waals surface area contributed by atoms with Gasteiger partial charge in [0.15, 0.2) is 0 Å². The molecule has 22 heavy (non-hydrogen) atoms. The summed E-state index contributed by atoms with van der Waals surface area (Å²) in [5.74, 6) is 0.949. The number of piperidine rings is 1. The van der Waals surface area contributed by atoms with E-state index in [1.165, 1.54) is 49.0 Å². The van der Waals surface area contributed by atoms with Crippen molar-refractivity contribution in [3.63, 3.8) is 0 Å². The maximum absolute atomic E-state index is 11.9. The number of likely N-dealkylation sites (tertiary alicyclic amines) is 1. The summed E-state index contributed by atoms with van der Waals surface area (Å²) < 4.78 is 27.7. The fourth-order valence-corrected chi connectivity index (χ4v) is 5.54. The molecule has 0 unspecified atom stereocenters. The number of rotatable bonds is 4. The van der Waals surface area contributed by atoms with E-state index in [0.717, 1.165) is 37.9 Å². The average Bonchev–Trinajstić information content (AvgIpc) is 2.88. The number of hydrogen-bond acceptors (Lipinski definition) is 3. The zero-order valence-electron chi connectivity index (χ0n) is 13.6. The van der Waals surface area contributed by atoms with Crippen LogP contribution in [0.15, 0.2) is 12.4 Å². The molecule has 2 heterocycles. The minimum atomic E-state index is -3.29. The lowest BCUT2D eigenvalue weighted by Crippen LogP contribution is -2.49. The second-order valence-electron chi connectivity index (χ2n) is 7.00. The van der Waals surface area contributed by atoms with Gasteiger partial charge in [0.2, 0.25) is 0 Å². The summed E-state index contributed by atoms with van der Waals surface area (Å²) >= 11 is 0. The highest BCUT2D eigenvalue weighted by Gasteiger charge is 2.34. The van der Waals surface area contributed by atoms with Gasteiger partial charge in [-0.1, -0.05) is 19.8 Å². The lowest BCUT2D eigenvalue weighted by atomic mass is 9.82. The summed E-state index contributed by atoms with van der Waals surface area (Å²) in [5.41, 5.74) is 0. The first-order chi connectivity index (χ1) is 10.6. The van der Waals surface area contributed by atoms with Gasteiger partial charge < -0.3 is 4.90 Å². The van der Waals surface area contributed by atoms with Gasteiger partial charge in [-0.3, -0.25) is 9.03 Å². The van der Waals surface area contributed by atoms with Crippen LogP contribution in [-0.2, 0) is 10.2 Å². The van der Waals surface area contributed by atoms with Crippen LogP contribution in [0.1, 0.15) is 58.3 Å². The van der Waals surface area contributed by atoms with Crippen LogP contribution >= 0.6 is 0 Å². The zero-order chi connectivity index (χ0) is 15.6. The third-order valence-electron chi connectivity index (χ3n) is 5.60. The minimum absolute atomic E-state index is 0.129. The maximum Gasteiger partial charge on any atom is 0.323 e. The topological polar surface area (TPSA) is 52.6 Å². The summed E-state index contributed by atoms with van der Waals surface area (Å²) in [6.07, 6.45) is 13.2. The van der Waals surface area contributed by atoms with E-state index in [0.29, 0.717) is 0 Å². The van der Waals surface area contributed by atoms with Gasteiger partial charge in [0, 0.05) is 37.6 Å². The summed E-state index contributed by atoms with van der Waals surface area (Å²) in [6.45, 7) is 4.36. The molecule has 1 saturated heterocycles. The van der Waals surface area contributed by atoms with Crippen molar-refractivity contribution >= 4 is 10.2 Å². The highest BCUT2D eigenvalue weighted by molar-refractivity contribution is 7.87. The Kier molecular flexibility index (Phi) is 4.97. The van der Waals surface area contributed by atoms with E-state index in [9.17, 15) is 8.42 Å².